The van der Waals surface area contributed by atoms with E-state index in [9.17, 15) is 9.59 Å². The van der Waals surface area contributed by atoms with Gasteiger partial charge in [0.1, 0.15) is 12.4 Å². The number of hydrogen-bond acceptors (Lipinski definition) is 7. The van der Waals surface area contributed by atoms with Crippen molar-refractivity contribution in [2.75, 3.05) is 20.2 Å². The number of allylic oxidation sites excluding steroid dienone is 1. The Hall–Kier alpha value is -3.52. The zero-order valence-electron chi connectivity index (χ0n) is 21.1. The van der Waals surface area contributed by atoms with E-state index in [0.717, 1.165) is 22.0 Å². The highest BCUT2D eigenvalue weighted by Gasteiger charge is 2.41. The Morgan fingerprint density at radius 2 is 1.83 bits per heavy atom. The van der Waals surface area contributed by atoms with Crippen LogP contribution in [0.5, 0.6) is 5.75 Å². The average molecular weight is 506 g/mol. The molecule has 2 aromatic carbocycles. The van der Waals surface area contributed by atoms with Crippen LogP contribution >= 0.6 is 11.8 Å². The number of esters is 1. The SMILES string of the molecule is CCN(CC)C(=O)CC1=CSC2=NC(C)=C(C(=O)OC)C(c3cccc(OCc4ccccc4)c3)N12. The van der Waals surface area contributed by atoms with Gasteiger partial charge in [0.15, 0.2) is 5.17 Å². The first-order valence-electron chi connectivity index (χ1n) is 12.0. The summed E-state index contributed by atoms with van der Waals surface area (Å²) in [5.41, 5.74) is 3.79. The molecule has 8 heteroatoms. The van der Waals surface area contributed by atoms with Gasteiger partial charge < -0.3 is 19.3 Å². The summed E-state index contributed by atoms with van der Waals surface area (Å²) in [5, 5.41) is 2.69. The maximum Gasteiger partial charge on any atom is 0.338 e. The molecule has 4 rings (SSSR count). The van der Waals surface area contributed by atoms with E-state index in [1.165, 1.54) is 18.9 Å². The van der Waals surface area contributed by atoms with Gasteiger partial charge in [-0.25, -0.2) is 9.79 Å². The molecule has 0 radical (unpaired) electrons. The van der Waals surface area contributed by atoms with Crippen molar-refractivity contribution in [3.05, 3.63) is 88.1 Å². The van der Waals surface area contributed by atoms with Gasteiger partial charge in [-0.05, 0) is 49.4 Å². The molecule has 0 saturated heterocycles. The van der Waals surface area contributed by atoms with Gasteiger partial charge in [-0.2, -0.15) is 0 Å². The average Bonchev–Trinajstić information content (AvgIpc) is 3.29. The molecule has 0 N–H and O–H groups in total. The fraction of sp³-hybridized carbons (Fsp3) is 0.321. The summed E-state index contributed by atoms with van der Waals surface area (Å²) in [6.07, 6.45) is 0.224. The lowest BCUT2D eigenvalue weighted by Crippen LogP contribution is -2.38. The van der Waals surface area contributed by atoms with Crippen LogP contribution in [-0.2, 0) is 20.9 Å². The lowest BCUT2D eigenvalue weighted by Gasteiger charge is -2.36. The number of amides is 1. The molecular weight excluding hydrogens is 474 g/mol. The van der Waals surface area contributed by atoms with E-state index in [-0.39, 0.29) is 12.3 Å². The first-order valence-corrected chi connectivity index (χ1v) is 12.9. The number of rotatable bonds is 9. The second-order valence-corrected chi connectivity index (χ2v) is 9.31. The van der Waals surface area contributed by atoms with Crippen molar-refractivity contribution >= 4 is 28.8 Å². The smallest absolute Gasteiger partial charge is 0.338 e. The van der Waals surface area contributed by atoms with E-state index in [0.29, 0.717) is 36.7 Å². The molecule has 0 bridgehead atoms. The number of thioether (sulfide) groups is 1. The molecule has 2 aromatic rings. The van der Waals surface area contributed by atoms with Crippen molar-refractivity contribution in [2.45, 2.75) is 39.8 Å². The summed E-state index contributed by atoms with van der Waals surface area (Å²) in [4.78, 5) is 34.4. The Kier molecular flexibility index (Phi) is 8.15. The van der Waals surface area contributed by atoms with Crippen molar-refractivity contribution < 1.29 is 19.1 Å². The Labute approximate surface area is 216 Å². The Bertz CT molecular complexity index is 1220. The number of benzene rings is 2. The zero-order chi connectivity index (χ0) is 25.7. The molecule has 0 spiro atoms. The molecule has 188 valence electrons. The minimum atomic E-state index is -0.490. The van der Waals surface area contributed by atoms with E-state index in [1.54, 1.807) is 4.90 Å². The monoisotopic (exact) mass is 505 g/mol. The van der Waals surface area contributed by atoms with Crippen LogP contribution in [-0.4, -0.2) is 47.0 Å². The number of fused-ring (bicyclic) bond motifs is 1. The van der Waals surface area contributed by atoms with Gasteiger partial charge in [-0.1, -0.05) is 54.2 Å². The molecule has 1 amide bonds. The van der Waals surface area contributed by atoms with Crippen LogP contribution in [0.3, 0.4) is 0 Å². The molecule has 1 atom stereocenters. The third kappa shape index (κ3) is 5.33. The molecule has 0 saturated carbocycles. The summed E-state index contributed by atoms with van der Waals surface area (Å²) >= 11 is 1.46. The van der Waals surface area contributed by atoms with Gasteiger partial charge in [0.05, 0.1) is 30.8 Å². The second-order valence-electron chi connectivity index (χ2n) is 8.47. The van der Waals surface area contributed by atoms with E-state index in [4.69, 9.17) is 9.47 Å². The van der Waals surface area contributed by atoms with Gasteiger partial charge in [0.25, 0.3) is 0 Å². The number of nitrogens with zero attached hydrogens (tertiary/aromatic N) is 3. The predicted octanol–water partition coefficient (Wildman–Crippen LogP) is 5.27. The van der Waals surface area contributed by atoms with Crippen molar-refractivity contribution in [3.63, 3.8) is 0 Å². The number of hydrogen-bond donors (Lipinski definition) is 0. The molecule has 7 nitrogen and oxygen atoms in total. The third-order valence-corrected chi connectivity index (χ3v) is 7.17. The first-order chi connectivity index (χ1) is 17.5. The number of ether oxygens (including phenoxy) is 2. The van der Waals surface area contributed by atoms with Crippen molar-refractivity contribution in [3.8, 4) is 5.75 Å². The van der Waals surface area contributed by atoms with Gasteiger partial charge in [0.2, 0.25) is 5.91 Å². The quantitative estimate of drug-likeness (QED) is 0.432. The van der Waals surface area contributed by atoms with Gasteiger partial charge >= 0.3 is 5.97 Å². The zero-order valence-corrected chi connectivity index (χ0v) is 21.9. The third-order valence-electron chi connectivity index (χ3n) is 6.28. The largest absolute Gasteiger partial charge is 0.489 e. The fourth-order valence-corrected chi connectivity index (χ4v) is 5.38. The van der Waals surface area contributed by atoms with Crippen LogP contribution < -0.4 is 4.74 Å². The number of carbonyl (C=O) groups is 2. The second kappa shape index (κ2) is 11.5. The van der Waals surface area contributed by atoms with Crippen LogP contribution in [0.25, 0.3) is 0 Å². The highest BCUT2D eigenvalue weighted by atomic mass is 32.2. The predicted molar refractivity (Wildman–Crippen MR) is 142 cm³/mol. The van der Waals surface area contributed by atoms with Crippen molar-refractivity contribution in [1.82, 2.24) is 9.80 Å². The lowest BCUT2D eigenvalue weighted by molar-refractivity contribution is -0.136. The summed E-state index contributed by atoms with van der Waals surface area (Å²) in [6, 6.07) is 17.2. The molecule has 0 aromatic heterocycles. The topological polar surface area (TPSA) is 71.4 Å². The minimum absolute atomic E-state index is 0.0395. The number of amidine groups is 1. The summed E-state index contributed by atoms with van der Waals surface area (Å²) in [5.74, 6) is 0.291. The normalized spacial score (nSPS) is 16.8. The van der Waals surface area contributed by atoms with Crippen LogP contribution in [0.15, 0.2) is 82.0 Å². The molecule has 2 heterocycles. The molecule has 1 unspecified atom stereocenters. The van der Waals surface area contributed by atoms with Crippen LogP contribution in [0.4, 0.5) is 0 Å². The van der Waals surface area contributed by atoms with Gasteiger partial charge in [0, 0.05) is 18.8 Å². The molecule has 2 aliphatic heterocycles. The van der Waals surface area contributed by atoms with E-state index in [2.05, 4.69) is 4.99 Å². The Balaban J connectivity index is 1.68. The standard InChI is InChI=1S/C28H31N3O4S/c1-5-30(6-2)24(32)16-22-18-36-28-29-19(3)25(27(33)34-4)26(31(22)28)21-13-10-14-23(15-21)35-17-20-11-8-7-9-12-20/h7-15,18,26H,5-6,16-17H2,1-4H3. The molecule has 36 heavy (non-hydrogen) atoms. The van der Waals surface area contributed by atoms with Crippen LogP contribution in [0, 0.1) is 0 Å². The maximum absolute atomic E-state index is 13.0. The molecular formula is C28H31N3O4S. The van der Waals surface area contributed by atoms with E-state index < -0.39 is 12.0 Å². The fourth-order valence-electron chi connectivity index (χ4n) is 4.41. The van der Waals surface area contributed by atoms with Crippen molar-refractivity contribution in [2.24, 2.45) is 4.99 Å². The van der Waals surface area contributed by atoms with E-state index >= 15 is 0 Å². The Morgan fingerprint density at radius 1 is 1.08 bits per heavy atom. The number of aliphatic imine (C=N–C) groups is 1. The van der Waals surface area contributed by atoms with Crippen molar-refractivity contribution in [1.29, 1.82) is 0 Å². The summed E-state index contributed by atoms with van der Waals surface area (Å²) < 4.78 is 11.2. The molecule has 0 fully saturated rings. The number of carbonyl (C=O) groups excluding carboxylic acids is 2. The van der Waals surface area contributed by atoms with Gasteiger partial charge in [-0.3, -0.25) is 4.79 Å². The molecule has 0 aliphatic carbocycles. The highest BCUT2D eigenvalue weighted by Crippen LogP contribution is 2.45. The first kappa shape index (κ1) is 25.6. The Morgan fingerprint density at radius 3 is 2.53 bits per heavy atom. The highest BCUT2D eigenvalue weighted by molar-refractivity contribution is 8.16. The molecule has 2 aliphatic rings. The number of methoxy groups -OCH3 is 1. The van der Waals surface area contributed by atoms with E-state index in [1.807, 2.05) is 85.7 Å². The minimum Gasteiger partial charge on any atom is -0.489 e. The lowest BCUT2D eigenvalue weighted by atomic mass is 9.93. The maximum atomic E-state index is 13.0. The van der Waals surface area contributed by atoms with Crippen LogP contribution in [0.1, 0.15) is 44.4 Å². The van der Waals surface area contributed by atoms with Gasteiger partial charge in [-0.15, -0.1) is 0 Å². The summed E-state index contributed by atoms with van der Waals surface area (Å²) in [6.45, 7) is 7.49. The summed E-state index contributed by atoms with van der Waals surface area (Å²) in [7, 11) is 1.37. The van der Waals surface area contributed by atoms with Crippen LogP contribution in [0.2, 0.25) is 0 Å².